The molecular formula is C14H22O3. The van der Waals surface area contributed by atoms with Crippen molar-refractivity contribution in [2.24, 2.45) is 5.92 Å². The molecule has 3 heteroatoms. The fraction of sp³-hybridized carbons (Fsp3) is 0.500. The van der Waals surface area contributed by atoms with Crippen molar-refractivity contribution in [2.45, 2.75) is 32.6 Å². The third-order valence-electron chi connectivity index (χ3n) is 2.29. The quantitative estimate of drug-likeness (QED) is 0.379. The number of aliphatic hydroxyl groups excluding tert-OH is 1. The molecule has 0 heterocycles. The van der Waals surface area contributed by atoms with E-state index in [1.807, 2.05) is 0 Å². The van der Waals surface area contributed by atoms with Crippen LogP contribution in [0.25, 0.3) is 0 Å². The summed E-state index contributed by atoms with van der Waals surface area (Å²) in [5, 5.41) is 8.62. The molecule has 0 saturated heterocycles. The molecule has 1 unspecified atom stereocenters. The first-order valence-electron chi connectivity index (χ1n) is 5.98. The minimum atomic E-state index is -0.229. The first kappa shape index (κ1) is 15.5. The van der Waals surface area contributed by atoms with Crippen LogP contribution >= 0.6 is 0 Å². The highest BCUT2D eigenvalue weighted by Gasteiger charge is 2.17. The molecule has 0 fully saturated rings. The number of rotatable bonds is 9. The zero-order valence-corrected chi connectivity index (χ0v) is 10.5. The number of allylic oxidation sites excluding steroid dienone is 3. The summed E-state index contributed by atoms with van der Waals surface area (Å²) < 4.78 is 5.01. The number of ether oxygens (including phenoxy) is 1. The van der Waals surface area contributed by atoms with E-state index in [0.717, 1.165) is 25.5 Å². The molecule has 0 aromatic carbocycles. The second kappa shape index (κ2) is 11.0. The van der Waals surface area contributed by atoms with Gasteiger partial charge in [0.25, 0.3) is 0 Å². The van der Waals surface area contributed by atoms with Crippen LogP contribution in [0, 0.1) is 5.92 Å². The fourth-order valence-corrected chi connectivity index (χ4v) is 1.40. The van der Waals surface area contributed by atoms with Gasteiger partial charge in [0.05, 0.1) is 12.2 Å². The standard InChI is InChI=1S/C14H22O3/c1-3-5-6-7-9-13(10-8-11-15)14(16)17-12-4-2/h4-6,8,11,13,15H,2-3,7,9-10,12H2,1H3/b6-5-,11-8+. The van der Waals surface area contributed by atoms with Gasteiger partial charge in [-0.25, -0.2) is 0 Å². The Balaban J connectivity index is 4.15. The maximum atomic E-state index is 11.7. The van der Waals surface area contributed by atoms with E-state index < -0.39 is 0 Å². The lowest BCUT2D eigenvalue weighted by atomic mass is 9.99. The summed E-state index contributed by atoms with van der Waals surface area (Å²) in [6.45, 7) is 5.81. The van der Waals surface area contributed by atoms with E-state index in [4.69, 9.17) is 9.84 Å². The molecule has 1 atom stereocenters. The van der Waals surface area contributed by atoms with Crippen LogP contribution in [0.3, 0.4) is 0 Å². The van der Waals surface area contributed by atoms with Crippen LogP contribution in [0.1, 0.15) is 32.6 Å². The van der Waals surface area contributed by atoms with Gasteiger partial charge in [0, 0.05) is 0 Å². The summed E-state index contributed by atoms with van der Waals surface area (Å²) in [4.78, 5) is 11.7. The first-order valence-corrected chi connectivity index (χ1v) is 5.98. The lowest BCUT2D eigenvalue weighted by molar-refractivity contribution is -0.147. The average Bonchev–Trinajstić information content (AvgIpc) is 2.35. The third-order valence-corrected chi connectivity index (χ3v) is 2.29. The van der Waals surface area contributed by atoms with Crippen LogP contribution in [0.5, 0.6) is 0 Å². The predicted octanol–water partition coefficient (Wildman–Crippen LogP) is 3.54. The highest BCUT2D eigenvalue weighted by molar-refractivity contribution is 5.72. The van der Waals surface area contributed by atoms with E-state index in [0.29, 0.717) is 6.42 Å². The largest absolute Gasteiger partial charge is 0.516 e. The number of carbonyl (C=O) groups is 1. The van der Waals surface area contributed by atoms with Gasteiger partial charge < -0.3 is 9.84 Å². The van der Waals surface area contributed by atoms with Gasteiger partial charge in [-0.3, -0.25) is 4.79 Å². The summed E-state index contributed by atoms with van der Waals surface area (Å²) in [6.07, 6.45) is 11.3. The smallest absolute Gasteiger partial charge is 0.309 e. The van der Waals surface area contributed by atoms with E-state index in [-0.39, 0.29) is 18.5 Å². The molecule has 3 nitrogen and oxygen atoms in total. The van der Waals surface area contributed by atoms with Gasteiger partial charge >= 0.3 is 5.97 Å². The number of carbonyl (C=O) groups excluding carboxylic acids is 1. The Morgan fingerprint density at radius 3 is 2.76 bits per heavy atom. The third kappa shape index (κ3) is 8.31. The molecule has 0 aromatic rings. The normalized spacial score (nSPS) is 13.0. The second-order valence-electron chi connectivity index (χ2n) is 3.69. The number of hydrogen-bond acceptors (Lipinski definition) is 3. The molecule has 0 spiro atoms. The molecule has 0 aliphatic carbocycles. The minimum Gasteiger partial charge on any atom is -0.516 e. The van der Waals surface area contributed by atoms with Gasteiger partial charge in [-0.1, -0.05) is 31.7 Å². The van der Waals surface area contributed by atoms with Crippen LogP contribution < -0.4 is 0 Å². The van der Waals surface area contributed by atoms with Crippen molar-refractivity contribution in [3.63, 3.8) is 0 Å². The highest BCUT2D eigenvalue weighted by atomic mass is 16.5. The van der Waals surface area contributed by atoms with Gasteiger partial charge in [-0.05, 0) is 31.8 Å². The van der Waals surface area contributed by atoms with E-state index in [1.165, 1.54) is 0 Å². The Bertz CT molecular complexity index is 267. The lowest BCUT2D eigenvalue weighted by Crippen LogP contribution is -2.17. The Labute approximate surface area is 103 Å². The Kier molecular flexibility index (Phi) is 10.0. The summed E-state index contributed by atoms with van der Waals surface area (Å²) in [5.74, 6) is -0.423. The lowest BCUT2D eigenvalue weighted by Gasteiger charge is -2.12. The Morgan fingerprint density at radius 1 is 1.41 bits per heavy atom. The molecule has 96 valence electrons. The van der Waals surface area contributed by atoms with Gasteiger partial charge in [0.15, 0.2) is 0 Å². The number of aliphatic hydroxyl groups is 1. The van der Waals surface area contributed by atoms with Crippen LogP contribution in [-0.4, -0.2) is 17.7 Å². The molecule has 0 aliphatic rings. The number of esters is 1. The first-order chi connectivity index (χ1) is 8.26. The molecule has 0 radical (unpaired) electrons. The molecule has 17 heavy (non-hydrogen) atoms. The minimum absolute atomic E-state index is 0.195. The zero-order valence-electron chi connectivity index (χ0n) is 10.5. The SMILES string of the molecule is C=CCOC(=O)C(C/C=C/O)CC/C=C\CC. The maximum absolute atomic E-state index is 11.7. The molecular weight excluding hydrogens is 216 g/mol. The van der Waals surface area contributed by atoms with E-state index in [2.05, 4.69) is 25.7 Å². The van der Waals surface area contributed by atoms with Gasteiger partial charge in [0.1, 0.15) is 6.61 Å². The Morgan fingerprint density at radius 2 is 2.18 bits per heavy atom. The van der Waals surface area contributed by atoms with Crippen molar-refractivity contribution >= 4 is 5.97 Å². The van der Waals surface area contributed by atoms with Crippen LogP contribution in [0.4, 0.5) is 0 Å². The summed E-state index contributed by atoms with van der Waals surface area (Å²) in [7, 11) is 0. The molecule has 0 amide bonds. The summed E-state index contributed by atoms with van der Waals surface area (Å²) in [6, 6.07) is 0. The average molecular weight is 238 g/mol. The van der Waals surface area contributed by atoms with E-state index in [1.54, 1.807) is 12.2 Å². The monoisotopic (exact) mass is 238 g/mol. The topological polar surface area (TPSA) is 46.5 Å². The van der Waals surface area contributed by atoms with E-state index in [9.17, 15) is 4.79 Å². The molecule has 0 rings (SSSR count). The molecule has 0 aliphatic heterocycles. The Hall–Kier alpha value is -1.51. The van der Waals surface area contributed by atoms with Crippen molar-refractivity contribution in [1.29, 1.82) is 0 Å². The number of hydrogen-bond donors (Lipinski definition) is 1. The van der Waals surface area contributed by atoms with Crippen molar-refractivity contribution in [3.05, 3.63) is 37.1 Å². The summed E-state index contributed by atoms with van der Waals surface area (Å²) >= 11 is 0. The van der Waals surface area contributed by atoms with Crippen LogP contribution in [-0.2, 0) is 9.53 Å². The second-order valence-corrected chi connectivity index (χ2v) is 3.69. The highest BCUT2D eigenvalue weighted by Crippen LogP contribution is 2.15. The molecule has 1 N–H and O–H groups in total. The van der Waals surface area contributed by atoms with Crippen LogP contribution in [0.2, 0.25) is 0 Å². The zero-order chi connectivity index (χ0) is 12.9. The van der Waals surface area contributed by atoms with Crippen molar-refractivity contribution in [2.75, 3.05) is 6.61 Å². The fourth-order valence-electron chi connectivity index (χ4n) is 1.40. The van der Waals surface area contributed by atoms with Crippen molar-refractivity contribution < 1.29 is 14.6 Å². The van der Waals surface area contributed by atoms with E-state index >= 15 is 0 Å². The van der Waals surface area contributed by atoms with Crippen molar-refractivity contribution in [1.82, 2.24) is 0 Å². The predicted molar refractivity (Wildman–Crippen MR) is 69.7 cm³/mol. The maximum Gasteiger partial charge on any atom is 0.309 e. The van der Waals surface area contributed by atoms with Gasteiger partial charge in [-0.2, -0.15) is 0 Å². The van der Waals surface area contributed by atoms with Gasteiger partial charge in [-0.15, -0.1) is 0 Å². The van der Waals surface area contributed by atoms with Crippen LogP contribution in [0.15, 0.2) is 37.1 Å². The molecule has 0 aromatic heterocycles. The molecule has 0 saturated carbocycles. The molecule has 0 bridgehead atoms. The van der Waals surface area contributed by atoms with Gasteiger partial charge in [0.2, 0.25) is 0 Å². The summed E-state index contributed by atoms with van der Waals surface area (Å²) in [5.41, 5.74) is 0. The van der Waals surface area contributed by atoms with Crippen molar-refractivity contribution in [3.8, 4) is 0 Å².